The quantitative estimate of drug-likeness (QED) is 0.811. The SMILES string of the molecule is CC(CCCNC(C)(C)C)Oc1cncc(Br)c1. The van der Waals surface area contributed by atoms with E-state index in [2.05, 4.69) is 53.9 Å². The fourth-order valence-corrected chi connectivity index (χ4v) is 1.94. The molecule has 0 amide bonds. The molecule has 0 aliphatic rings. The normalized spacial score (nSPS) is 13.4. The Morgan fingerprint density at radius 1 is 1.39 bits per heavy atom. The topological polar surface area (TPSA) is 34.1 Å². The molecule has 1 atom stereocenters. The molecule has 0 saturated carbocycles. The predicted molar refractivity (Wildman–Crippen MR) is 79.0 cm³/mol. The number of hydrogen-bond acceptors (Lipinski definition) is 3. The van der Waals surface area contributed by atoms with Crippen LogP contribution in [0.25, 0.3) is 0 Å². The third kappa shape index (κ3) is 6.97. The van der Waals surface area contributed by atoms with Crippen molar-refractivity contribution in [3.05, 3.63) is 22.9 Å². The highest BCUT2D eigenvalue weighted by Gasteiger charge is 2.09. The molecular formula is C14H23BrN2O. The second-order valence-corrected chi connectivity index (χ2v) is 6.50. The van der Waals surface area contributed by atoms with Crippen molar-refractivity contribution in [2.24, 2.45) is 0 Å². The predicted octanol–water partition coefficient (Wildman–Crippen LogP) is 3.78. The van der Waals surface area contributed by atoms with Crippen LogP contribution >= 0.6 is 15.9 Å². The van der Waals surface area contributed by atoms with Gasteiger partial charge < -0.3 is 10.1 Å². The van der Waals surface area contributed by atoms with E-state index in [0.717, 1.165) is 29.6 Å². The molecule has 0 spiro atoms. The smallest absolute Gasteiger partial charge is 0.139 e. The van der Waals surface area contributed by atoms with Gasteiger partial charge in [0, 0.05) is 16.2 Å². The van der Waals surface area contributed by atoms with E-state index >= 15 is 0 Å². The van der Waals surface area contributed by atoms with Crippen molar-refractivity contribution in [2.75, 3.05) is 6.54 Å². The molecule has 0 radical (unpaired) electrons. The largest absolute Gasteiger partial charge is 0.489 e. The number of hydrogen-bond donors (Lipinski definition) is 1. The molecule has 1 rings (SSSR count). The number of nitrogens with one attached hydrogen (secondary N) is 1. The molecule has 0 saturated heterocycles. The van der Waals surface area contributed by atoms with Gasteiger partial charge in [0.1, 0.15) is 5.75 Å². The molecule has 18 heavy (non-hydrogen) atoms. The second kappa shape index (κ2) is 7.10. The monoisotopic (exact) mass is 314 g/mol. The van der Waals surface area contributed by atoms with Crippen molar-refractivity contribution in [1.29, 1.82) is 0 Å². The van der Waals surface area contributed by atoms with Crippen LogP contribution in [0.1, 0.15) is 40.5 Å². The van der Waals surface area contributed by atoms with Gasteiger partial charge in [-0.15, -0.1) is 0 Å². The second-order valence-electron chi connectivity index (χ2n) is 5.59. The van der Waals surface area contributed by atoms with Gasteiger partial charge in [0.25, 0.3) is 0 Å². The van der Waals surface area contributed by atoms with E-state index in [9.17, 15) is 0 Å². The number of aromatic nitrogens is 1. The van der Waals surface area contributed by atoms with Crippen LogP contribution in [0, 0.1) is 0 Å². The summed E-state index contributed by atoms with van der Waals surface area (Å²) in [5.74, 6) is 0.820. The Balaban J connectivity index is 2.24. The first kappa shape index (κ1) is 15.4. The minimum absolute atomic E-state index is 0.193. The summed E-state index contributed by atoms with van der Waals surface area (Å²) in [5, 5.41) is 3.47. The van der Waals surface area contributed by atoms with Crippen molar-refractivity contribution in [3.8, 4) is 5.75 Å². The molecular weight excluding hydrogens is 292 g/mol. The highest BCUT2D eigenvalue weighted by molar-refractivity contribution is 9.10. The van der Waals surface area contributed by atoms with Crippen molar-refractivity contribution < 1.29 is 4.74 Å². The maximum atomic E-state index is 5.81. The molecule has 1 aromatic heterocycles. The molecule has 4 heteroatoms. The van der Waals surface area contributed by atoms with Crippen molar-refractivity contribution in [3.63, 3.8) is 0 Å². The van der Waals surface area contributed by atoms with E-state index in [4.69, 9.17) is 4.74 Å². The lowest BCUT2D eigenvalue weighted by molar-refractivity contribution is 0.205. The van der Waals surface area contributed by atoms with E-state index in [0.29, 0.717) is 0 Å². The van der Waals surface area contributed by atoms with E-state index in [1.54, 1.807) is 12.4 Å². The first-order chi connectivity index (χ1) is 8.37. The molecule has 0 aromatic carbocycles. The Labute approximate surface area is 118 Å². The zero-order chi connectivity index (χ0) is 13.6. The highest BCUT2D eigenvalue weighted by Crippen LogP contribution is 2.18. The van der Waals surface area contributed by atoms with Gasteiger partial charge in [0.05, 0.1) is 12.3 Å². The molecule has 3 nitrogen and oxygen atoms in total. The third-order valence-electron chi connectivity index (χ3n) is 2.46. The third-order valence-corrected chi connectivity index (χ3v) is 2.89. The summed E-state index contributed by atoms with van der Waals surface area (Å²) in [7, 11) is 0. The molecule has 0 aliphatic heterocycles. The van der Waals surface area contributed by atoms with Crippen LogP contribution in [-0.2, 0) is 0 Å². The highest BCUT2D eigenvalue weighted by atomic mass is 79.9. The Morgan fingerprint density at radius 3 is 2.72 bits per heavy atom. The molecule has 0 bridgehead atoms. The Morgan fingerprint density at radius 2 is 2.11 bits per heavy atom. The first-order valence-electron chi connectivity index (χ1n) is 6.39. The maximum Gasteiger partial charge on any atom is 0.139 e. The minimum atomic E-state index is 0.193. The average molecular weight is 315 g/mol. The molecule has 0 fully saturated rings. The number of ether oxygens (including phenoxy) is 1. The summed E-state index contributed by atoms with van der Waals surface area (Å²) in [6, 6.07) is 1.94. The zero-order valence-electron chi connectivity index (χ0n) is 11.7. The lowest BCUT2D eigenvalue weighted by Crippen LogP contribution is -2.36. The summed E-state index contributed by atoms with van der Waals surface area (Å²) >= 11 is 3.39. The summed E-state index contributed by atoms with van der Waals surface area (Å²) in [6.07, 6.45) is 5.86. The molecule has 1 N–H and O–H groups in total. The molecule has 1 aromatic rings. The fourth-order valence-electron chi connectivity index (χ4n) is 1.60. The van der Waals surface area contributed by atoms with E-state index in [-0.39, 0.29) is 11.6 Å². The van der Waals surface area contributed by atoms with Crippen LogP contribution < -0.4 is 10.1 Å². The standard InChI is InChI=1S/C14H23BrN2O/c1-11(6-5-7-17-14(2,3)4)18-13-8-12(15)9-16-10-13/h8-11,17H,5-7H2,1-4H3. The van der Waals surface area contributed by atoms with Crippen molar-refractivity contribution in [1.82, 2.24) is 10.3 Å². The Kier molecular flexibility index (Phi) is 6.09. The molecule has 102 valence electrons. The van der Waals surface area contributed by atoms with Crippen LogP contribution in [0.3, 0.4) is 0 Å². The molecule has 1 unspecified atom stereocenters. The fraction of sp³-hybridized carbons (Fsp3) is 0.643. The van der Waals surface area contributed by atoms with Gasteiger partial charge in [-0.25, -0.2) is 0 Å². The number of rotatable bonds is 6. The number of pyridine rings is 1. The van der Waals surface area contributed by atoms with Crippen LogP contribution in [0.2, 0.25) is 0 Å². The van der Waals surface area contributed by atoms with Crippen molar-refractivity contribution >= 4 is 15.9 Å². The van der Waals surface area contributed by atoms with Crippen LogP contribution in [0.4, 0.5) is 0 Å². The van der Waals surface area contributed by atoms with Gasteiger partial charge in [-0.1, -0.05) is 0 Å². The molecule has 1 heterocycles. The summed E-state index contributed by atoms with van der Waals surface area (Å²) < 4.78 is 6.75. The van der Waals surface area contributed by atoms with Crippen molar-refractivity contribution in [2.45, 2.75) is 52.2 Å². The van der Waals surface area contributed by atoms with Gasteiger partial charge in [-0.05, 0) is 69.1 Å². The summed E-state index contributed by atoms with van der Waals surface area (Å²) in [5.41, 5.74) is 0.193. The van der Waals surface area contributed by atoms with E-state index in [1.807, 2.05) is 6.07 Å². The van der Waals surface area contributed by atoms with Crippen LogP contribution in [-0.4, -0.2) is 23.2 Å². The Hall–Kier alpha value is -0.610. The summed E-state index contributed by atoms with van der Waals surface area (Å²) in [4.78, 5) is 4.08. The first-order valence-corrected chi connectivity index (χ1v) is 7.18. The van der Waals surface area contributed by atoms with Crippen LogP contribution in [0.15, 0.2) is 22.9 Å². The molecule has 0 aliphatic carbocycles. The average Bonchev–Trinajstić information content (AvgIpc) is 2.23. The Bertz CT molecular complexity index is 363. The van der Waals surface area contributed by atoms with Gasteiger partial charge >= 0.3 is 0 Å². The number of halogens is 1. The summed E-state index contributed by atoms with van der Waals surface area (Å²) in [6.45, 7) is 9.66. The van der Waals surface area contributed by atoms with Gasteiger partial charge in [-0.2, -0.15) is 0 Å². The van der Waals surface area contributed by atoms with Gasteiger partial charge in [0.15, 0.2) is 0 Å². The van der Waals surface area contributed by atoms with Gasteiger partial charge in [0.2, 0.25) is 0 Å². The van der Waals surface area contributed by atoms with Gasteiger partial charge in [-0.3, -0.25) is 4.98 Å². The lowest BCUT2D eigenvalue weighted by atomic mass is 10.1. The van der Waals surface area contributed by atoms with E-state index in [1.165, 1.54) is 0 Å². The zero-order valence-corrected chi connectivity index (χ0v) is 13.3. The lowest BCUT2D eigenvalue weighted by Gasteiger charge is -2.21. The maximum absolute atomic E-state index is 5.81. The van der Waals surface area contributed by atoms with Crippen LogP contribution in [0.5, 0.6) is 5.75 Å². The van der Waals surface area contributed by atoms with E-state index < -0.39 is 0 Å². The number of nitrogens with zero attached hydrogens (tertiary/aromatic N) is 1. The minimum Gasteiger partial charge on any atom is -0.489 e.